The molecule has 0 amide bonds. The van der Waals surface area contributed by atoms with E-state index in [2.05, 4.69) is 29.4 Å². The zero-order valence-corrected chi connectivity index (χ0v) is 7.09. The molecule has 1 aromatic rings. The molecule has 1 rings (SSSR count). The van der Waals surface area contributed by atoms with Crippen molar-refractivity contribution in [2.45, 2.75) is 19.8 Å². The Balaban J connectivity index is 2.66. The van der Waals surface area contributed by atoms with Crippen molar-refractivity contribution in [3.8, 4) is 0 Å². The molecule has 0 saturated carbocycles. The Kier molecular flexibility index (Phi) is 2.90. The molecule has 11 heavy (non-hydrogen) atoms. The van der Waals surface area contributed by atoms with Crippen LogP contribution in [-0.4, -0.2) is 12.0 Å². The highest BCUT2D eigenvalue weighted by Crippen LogP contribution is 2.05. The van der Waals surface area contributed by atoms with Crippen LogP contribution in [-0.2, 0) is 6.42 Å². The molecule has 0 aliphatic rings. The maximum atomic E-state index is 4.28. The molecular weight excluding hydrogens is 136 g/mol. The molecular formula is C9H14N2. The van der Waals surface area contributed by atoms with Gasteiger partial charge in [-0.2, -0.15) is 0 Å². The first-order valence-corrected chi connectivity index (χ1v) is 3.99. The second kappa shape index (κ2) is 3.96. The van der Waals surface area contributed by atoms with Crippen molar-refractivity contribution in [2.24, 2.45) is 0 Å². The number of aromatic nitrogens is 1. The lowest BCUT2D eigenvalue weighted by molar-refractivity contribution is 0.883. The molecule has 2 nitrogen and oxygen atoms in total. The fourth-order valence-electron chi connectivity index (χ4n) is 0.976. The third-order valence-electron chi connectivity index (χ3n) is 1.62. The summed E-state index contributed by atoms with van der Waals surface area (Å²) in [5.41, 5.74) is 2.25. The zero-order chi connectivity index (χ0) is 8.10. The van der Waals surface area contributed by atoms with Crippen LogP contribution in [0.15, 0.2) is 18.3 Å². The molecule has 0 fully saturated rings. The van der Waals surface area contributed by atoms with Crippen molar-refractivity contribution in [3.05, 3.63) is 24.0 Å². The summed E-state index contributed by atoms with van der Waals surface area (Å²) >= 11 is 0. The summed E-state index contributed by atoms with van der Waals surface area (Å²) in [4.78, 5) is 4.28. The van der Waals surface area contributed by atoms with E-state index in [0.717, 1.165) is 18.5 Å². The summed E-state index contributed by atoms with van der Waals surface area (Å²) in [5.74, 6) is 0. The Morgan fingerprint density at radius 3 is 2.73 bits per heavy atom. The Bertz CT molecular complexity index is 203. The van der Waals surface area contributed by atoms with E-state index >= 15 is 0 Å². The van der Waals surface area contributed by atoms with Gasteiger partial charge in [0.15, 0.2) is 0 Å². The van der Waals surface area contributed by atoms with Gasteiger partial charge in [0.2, 0.25) is 0 Å². The molecule has 2 heteroatoms. The van der Waals surface area contributed by atoms with Crippen molar-refractivity contribution >= 4 is 5.69 Å². The second-order valence-electron chi connectivity index (χ2n) is 2.54. The van der Waals surface area contributed by atoms with Gasteiger partial charge >= 0.3 is 0 Å². The predicted octanol–water partition coefficient (Wildman–Crippen LogP) is 2.08. The smallest absolute Gasteiger partial charge is 0.0524 e. The normalized spacial score (nSPS) is 9.64. The molecule has 0 saturated heterocycles. The van der Waals surface area contributed by atoms with E-state index in [0.29, 0.717) is 0 Å². The van der Waals surface area contributed by atoms with E-state index in [1.54, 1.807) is 0 Å². The summed E-state index contributed by atoms with van der Waals surface area (Å²) in [7, 11) is 1.90. The summed E-state index contributed by atoms with van der Waals surface area (Å²) in [6.07, 6.45) is 4.10. The minimum absolute atomic E-state index is 1.07. The lowest BCUT2D eigenvalue weighted by Crippen LogP contribution is -1.92. The van der Waals surface area contributed by atoms with Gasteiger partial charge in [-0.05, 0) is 18.6 Å². The van der Waals surface area contributed by atoms with Gasteiger partial charge in [-0.3, -0.25) is 4.98 Å². The summed E-state index contributed by atoms with van der Waals surface area (Å²) in [6, 6.07) is 4.12. The van der Waals surface area contributed by atoms with Gasteiger partial charge in [0.1, 0.15) is 0 Å². The van der Waals surface area contributed by atoms with Gasteiger partial charge in [0.05, 0.1) is 11.9 Å². The molecule has 1 N–H and O–H groups in total. The van der Waals surface area contributed by atoms with E-state index in [4.69, 9.17) is 0 Å². The van der Waals surface area contributed by atoms with Gasteiger partial charge < -0.3 is 5.32 Å². The largest absolute Gasteiger partial charge is 0.387 e. The number of pyridine rings is 1. The minimum Gasteiger partial charge on any atom is -0.387 e. The summed E-state index contributed by atoms with van der Waals surface area (Å²) < 4.78 is 0. The number of aryl methyl sites for hydroxylation is 1. The van der Waals surface area contributed by atoms with Crippen molar-refractivity contribution in [1.82, 2.24) is 4.98 Å². The Hall–Kier alpha value is -1.05. The van der Waals surface area contributed by atoms with Crippen LogP contribution >= 0.6 is 0 Å². The third-order valence-corrected chi connectivity index (χ3v) is 1.62. The maximum absolute atomic E-state index is 4.28. The molecule has 0 aromatic carbocycles. The van der Waals surface area contributed by atoms with Gasteiger partial charge in [-0.15, -0.1) is 0 Å². The van der Waals surface area contributed by atoms with Crippen molar-refractivity contribution in [2.75, 3.05) is 12.4 Å². The Morgan fingerprint density at radius 1 is 1.45 bits per heavy atom. The number of anilines is 1. The number of hydrogen-bond acceptors (Lipinski definition) is 2. The first-order chi connectivity index (χ1) is 5.36. The van der Waals surface area contributed by atoms with Crippen LogP contribution in [0.5, 0.6) is 0 Å². The van der Waals surface area contributed by atoms with Crippen LogP contribution in [0.1, 0.15) is 19.0 Å². The second-order valence-corrected chi connectivity index (χ2v) is 2.54. The lowest BCUT2D eigenvalue weighted by Gasteiger charge is -2.00. The van der Waals surface area contributed by atoms with E-state index in [1.807, 2.05) is 13.2 Å². The van der Waals surface area contributed by atoms with Crippen LogP contribution < -0.4 is 5.32 Å². The van der Waals surface area contributed by atoms with Crippen molar-refractivity contribution < 1.29 is 0 Å². The number of hydrogen-bond donors (Lipinski definition) is 1. The van der Waals surface area contributed by atoms with Gasteiger partial charge in [0.25, 0.3) is 0 Å². The molecule has 0 aliphatic carbocycles. The van der Waals surface area contributed by atoms with E-state index in [9.17, 15) is 0 Å². The molecule has 0 atom stereocenters. The van der Waals surface area contributed by atoms with Gasteiger partial charge in [-0.25, -0.2) is 0 Å². The van der Waals surface area contributed by atoms with E-state index in [-0.39, 0.29) is 0 Å². The van der Waals surface area contributed by atoms with Crippen LogP contribution in [0.4, 0.5) is 5.69 Å². The molecule has 0 aliphatic heterocycles. The molecule has 0 radical (unpaired) electrons. The first kappa shape index (κ1) is 8.05. The Morgan fingerprint density at radius 2 is 2.27 bits per heavy atom. The lowest BCUT2D eigenvalue weighted by atomic mass is 10.2. The molecule has 1 heterocycles. The van der Waals surface area contributed by atoms with Gasteiger partial charge in [0, 0.05) is 12.7 Å². The van der Waals surface area contributed by atoms with E-state index < -0.39 is 0 Å². The number of nitrogens with zero attached hydrogens (tertiary/aromatic N) is 1. The van der Waals surface area contributed by atoms with E-state index in [1.165, 1.54) is 5.69 Å². The molecule has 0 bridgehead atoms. The van der Waals surface area contributed by atoms with Crippen LogP contribution in [0.2, 0.25) is 0 Å². The third kappa shape index (κ3) is 2.22. The number of nitrogens with one attached hydrogen (secondary N) is 1. The SMILES string of the molecule is CCCc1ccc(NC)cn1. The van der Waals surface area contributed by atoms with Crippen LogP contribution in [0, 0.1) is 0 Å². The van der Waals surface area contributed by atoms with Crippen LogP contribution in [0.25, 0.3) is 0 Å². The highest BCUT2D eigenvalue weighted by Gasteiger charge is 1.91. The fourth-order valence-corrected chi connectivity index (χ4v) is 0.976. The maximum Gasteiger partial charge on any atom is 0.0524 e. The van der Waals surface area contributed by atoms with Crippen LogP contribution in [0.3, 0.4) is 0 Å². The summed E-state index contributed by atoms with van der Waals surface area (Å²) in [5, 5.41) is 3.03. The average Bonchev–Trinajstić information content (AvgIpc) is 2.07. The highest BCUT2D eigenvalue weighted by atomic mass is 14.8. The zero-order valence-electron chi connectivity index (χ0n) is 7.09. The van der Waals surface area contributed by atoms with Crippen molar-refractivity contribution in [3.63, 3.8) is 0 Å². The molecule has 0 spiro atoms. The van der Waals surface area contributed by atoms with Crippen molar-refractivity contribution in [1.29, 1.82) is 0 Å². The standard InChI is InChI=1S/C9H14N2/c1-3-4-8-5-6-9(10-2)7-11-8/h5-7,10H,3-4H2,1-2H3. The number of rotatable bonds is 3. The fraction of sp³-hybridized carbons (Fsp3) is 0.444. The molecule has 1 aromatic heterocycles. The molecule has 60 valence electrons. The Labute approximate surface area is 67.7 Å². The first-order valence-electron chi connectivity index (χ1n) is 3.99. The monoisotopic (exact) mass is 150 g/mol. The topological polar surface area (TPSA) is 24.9 Å². The average molecular weight is 150 g/mol. The van der Waals surface area contributed by atoms with Gasteiger partial charge in [-0.1, -0.05) is 13.3 Å². The highest BCUT2D eigenvalue weighted by molar-refractivity contribution is 5.39. The molecule has 0 unspecified atom stereocenters. The quantitative estimate of drug-likeness (QED) is 0.713. The predicted molar refractivity (Wildman–Crippen MR) is 47.8 cm³/mol. The minimum atomic E-state index is 1.07. The summed E-state index contributed by atoms with van der Waals surface area (Å²) in [6.45, 7) is 2.16.